The molecule has 0 aliphatic heterocycles. The summed E-state index contributed by atoms with van der Waals surface area (Å²) in [5, 5.41) is 0. The molecule has 0 amide bonds. The van der Waals surface area contributed by atoms with Crippen LogP contribution in [0.25, 0.3) is 0 Å². The second kappa shape index (κ2) is 5.98. The molecule has 94 valence electrons. The van der Waals surface area contributed by atoms with Crippen molar-refractivity contribution in [1.82, 2.24) is 0 Å². The predicted octanol–water partition coefficient (Wildman–Crippen LogP) is 3.63. The van der Waals surface area contributed by atoms with Crippen LogP contribution in [0.5, 0.6) is 5.75 Å². The van der Waals surface area contributed by atoms with Crippen molar-refractivity contribution < 1.29 is 9.13 Å². The Morgan fingerprint density at radius 2 is 1.72 bits per heavy atom. The Morgan fingerprint density at radius 1 is 1.06 bits per heavy atom. The van der Waals surface area contributed by atoms with E-state index in [1.807, 2.05) is 30.3 Å². The Bertz CT molecular complexity index is 528. The van der Waals surface area contributed by atoms with Gasteiger partial charge in [0.25, 0.3) is 0 Å². The third-order valence-electron chi connectivity index (χ3n) is 2.47. The summed E-state index contributed by atoms with van der Waals surface area (Å²) in [6.45, 7) is 0.648. The Balaban J connectivity index is 2.05. The van der Waals surface area contributed by atoms with Crippen LogP contribution in [0.3, 0.4) is 0 Å². The van der Waals surface area contributed by atoms with Crippen LogP contribution >= 0.6 is 15.9 Å². The van der Waals surface area contributed by atoms with Gasteiger partial charge in [-0.15, -0.1) is 0 Å². The molecule has 0 bridgehead atoms. The summed E-state index contributed by atoms with van der Waals surface area (Å²) in [5.74, 6) is 0.462. The second-order valence-electron chi connectivity index (χ2n) is 3.91. The molecule has 0 radical (unpaired) electrons. The standard InChI is InChI=1S/C14H13BrFNO/c15-12-1-3-14(4-2-12)18-9-11-5-10(8-17)6-13(16)7-11/h1-7H,8-9,17H2. The molecule has 18 heavy (non-hydrogen) atoms. The number of hydrogen-bond acceptors (Lipinski definition) is 2. The number of halogens is 2. The summed E-state index contributed by atoms with van der Waals surface area (Å²) < 4.78 is 19.8. The highest BCUT2D eigenvalue weighted by molar-refractivity contribution is 9.10. The van der Waals surface area contributed by atoms with E-state index in [1.165, 1.54) is 12.1 Å². The molecule has 2 aromatic rings. The Labute approximate surface area is 114 Å². The van der Waals surface area contributed by atoms with Gasteiger partial charge >= 0.3 is 0 Å². The van der Waals surface area contributed by atoms with Gasteiger partial charge in [-0.1, -0.05) is 22.0 Å². The topological polar surface area (TPSA) is 35.2 Å². The van der Waals surface area contributed by atoms with Gasteiger partial charge in [0.05, 0.1) is 0 Å². The van der Waals surface area contributed by atoms with Crippen LogP contribution in [0.15, 0.2) is 46.9 Å². The first kappa shape index (κ1) is 13.1. The maximum Gasteiger partial charge on any atom is 0.123 e. The summed E-state index contributed by atoms with van der Waals surface area (Å²) in [4.78, 5) is 0. The van der Waals surface area contributed by atoms with Gasteiger partial charge in [-0.3, -0.25) is 0 Å². The van der Waals surface area contributed by atoms with Gasteiger partial charge in [0.1, 0.15) is 18.2 Å². The van der Waals surface area contributed by atoms with Crippen LogP contribution in [-0.4, -0.2) is 0 Å². The molecular weight excluding hydrogens is 297 g/mol. The third-order valence-corrected chi connectivity index (χ3v) is 3.00. The van der Waals surface area contributed by atoms with Crippen LogP contribution in [0.4, 0.5) is 4.39 Å². The Morgan fingerprint density at radius 3 is 2.39 bits per heavy atom. The van der Waals surface area contributed by atoms with E-state index < -0.39 is 0 Å². The summed E-state index contributed by atoms with van der Waals surface area (Å²) in [6, 6.07) is 12.2. The number of benzene rings is 2. The molecule has 0 atom stereocenters. The first-order chi connectivity index (χ1) is 8.67. The lowest BCUT2D eigenvalue weighted by Crippen LogP contribution is -2.01. The summed E-state index contributed by atoms with van der Waals surface area (Å²) in [5.41, 5.74) is 7.04. The zero-order chi connectivity index (χ0) is 13.0. The molecule has 0 fully saturated rings. The fourth-order valence-electron chi connectivity index (χ4n) is 1.62. The fraction of sp³-hybridized carbons (Fsp3) is 0.143. The minimum absolute atomic E-state index is 0.285. The highest BCUT2D eigenvalue weighted by Crippen LogP contribution is 2.18. The second-order valence-corrected chi connectivity index (χ2v) is 4.83. The number of ether oxygens (including phenoxy) is 1. The highest BCUT2D eigenvalue weighted by Gasteiger charge is 2.01. The molecule has 0 unspecified atom stereocenters. The van der Waals surface area contributed by atoms with Crippen LogP contribution in [0, 0.1) is 5.82 Å². The van der Waals surface area contributed by atoms with Gasteiger partial charge < -0.3 is 10.5 Å². The molecule has 0 spiro atoms. The van der Waals surface area contributed by atoms with Crippen LogP contribution in [-0.2, 0) is 13.2 Å². The minimum Gasteiger partial charge on any atom is -0.489 e. The Hall–Kier alpha value is -1.39. The molecule has 2 nitrogen and oxygen atoms in total. The number of hydrogen-bond donors (Lipinski definition) is 1. The van der Waals surface area contributed by atoms with E-state index in [2.05, 4.69) is 15.9 Å². The molecule has 0 aliphatic carbocycles. The van der Waals surface area contributed by atoms with Gasteiger partial charge in [0.2, 0.25) is 0 Å². The molecule has 2 aromatic carbocycles. The van der Waals surface area contributed by atoms with Crippen LogP contribution in [0.1, 0.15) is 11.1 Å². The lowest BCUT2D eigenvalue weighted by atomic mass is 10.1. The molecule has 0 saturated carbocycles. The van der Waals surface area contributed by atoms with Crippen molar-refractivity contribution in [1.29, 1.82) is 0 Å². The van der Waals surface area contributed by atoms with Gasteiger partial charge in [-0.25, -0.2) is 4.39 Å². The minimum atomic E-state index is -0.285. The van der Waals surface area contributed by atoms with Crippen molar-refractivity contribution in [2.45, 2.75) is 13.2 Å². The third kappa shape index (κ3) is 3.55. The summed E-state index contributed by atoms with van der Waals surface area (Å²) in [6.07, 6.45) is 0. The average molecular weight is 310 g/mol. The first-order valence-corrected chi connectivity index (χ1v) is 6.33. The summed E-state index contributed by atoms with van der Waals surface area (Å²) >= 11 is 3.35. The van der Waals surface area contributed by atoms with Crippen molar-refractivity contribution in [3.05, 3.63) is 63.9 Å². The monoisotopic (exact) mass is 309 g/mol. The van der Waals surface area contributed by atoms with E-state index in [4.69, 9.17) is 10.5 Å². The molecule has 0 aliphatic rings. The van der Waals surface area contributed by atoms with Crippen LogP contribution in [0.2, 0.25) is 0 Å². The molecule has 2 rings (SSSR count). The highest BCUT2D eigenvalue weighted by atomic mass is 79.9. The van der Waals surface area contributed by atoms with Crippen molar-refractivity contribution >= 4 is 15.9 Å². The predicted molar refractivity (Wildman–Crippen MR) is 72.8 cm³/mol. The van der Waals surface area contributed by atoms with E-state index in [1.54, 1.807) is 0 Å². The van der Waals surface area contributed by atoms with Crippen LogP contribution < -0.4 is 10.5 Å². The van der Waals surface area contributed by atoms with Crippen molar-refractivity contribution in [3.63, 3.8) is 0 Å². The lowest BCUT2D eigenvalue weighted by Gasteiger charge is -2.08. The van der Waals surface area contributed by atoms with E-state index in [9.17, 15) is 4.39 Å². The zero-order valence-corrected chi connectivity index (χ0v) is 11.3. The molecule has 0 aromatic heterocycles. The quantitative estimate of drug-likeness (QED) is 0.936. The average Bonchev–Trinajstić information content (AvgIpc) is 2.37. The number of rotatable bonds is 4. The summed E-state index contributed by atoms with van der Waals surface area (Å²) in [7, 11) is 0. The van der Waals surface area contributed by atoms with E-state index in [0.29, 0.717) is 13.2 Å². The molecule has 0 saturated heterocycles. The van der Waals surface area contributed by atoms with Crippen molar-refractivity contribution in [2.24, 2.45) is 5.73 Å². The van der Waals surface area contributed by atoms with Gasteiger partial charge in [-0.2, -0.15) is 0 Å². The Kier molecular flexibility index (Phi) is 4.33. The van der Waals surface area contributed by atoms with E-state index >= 15 is 0 Å². The maximum absolute atomic E-state index is 13.3. The largest absolute Gasteiger partial charge is 0.489 e. The van der Waals surface area contributed by atoms with Crippen molar-refractivity contribution in [2.75, 3.05) is 0 Å². The number of nitrogens with two attached hydrogens (primary N) is 1. The van der Waals surface area contributed by atoms with E-state index in [0.717, 1.165) is 21.3 Å². The van der Waals surface area contributed by atoms with Crippen molar-refractivity contribution in [3.8, 4) is 5.75 Å². The zero-order valence-electron chi connectivity index (χ0n) is 9.70. The molecule has 0 heterocycles. The molecule has 4 heteroatoms. The van der Waals surface area contributed by atoms with Gasteiger partial charge in [0.15, 0.2) is 0 Å². The molecular formula is C14H13BrFNO. The fourth-order valence-corrected chi connectivity index (χ4v) is 1.88. The normalized spacial score (nSPS) is 10.4. The molecule has 2 N–H and O–H groups in total. The smallest absolute Gasteiger partial charge is 0.123 e. The maximum atomic E-state index is 13.3. The van der Waals surface area contributed by atoms with Gasteiger partial charge in [0, 0.05) is 11.0 Å². The lowest BCUT2D eigenvalue weighted by molar-refractivity contribution is 0.305. The SMILES string of the molecule is NCc1cc(F)cc(COc2ccc(Br)cc2)c1. The van der Waals surface area contributed by atoms with Gasteiger partial charge in [-0.05, 0) is 47.5 Å². The first-order valence-electron chi connectivity index (χ1n) is 5.54. The van der Waals surface area contributed by atoms with E-state index in [-0.39, 0.29) is 5.82 Å².